The fourth-order valence-corrected chi connectivity index (χ4v) is 2.41. The van der Waals surface area contributed by atoms with E-state index in [1.807, 2.05) is 10.9 Å². The van der Waals surface area contributed by atoms with Gasteiger partial charge in [-0.25, -0.2) is 0 Å². The first-order chi connectivity index (χ1) is 6.99. The van der Waals surface area contributed by atoms with Gasteiger partial charge in [0.25, 0.3) is 0 Å². The molecule has 84 valence electrons. The Labute approximate surface area is 99.2 Å². The van der Waals surface area contributed by atoms with Gasteiger partial charge in [0.05, 0.1) is 4.47 Å². The van der Waals surface area contributed by atoms with Gasteiger partial charge in [-0.2, -0.15) is 5.10 Å². The lowest BCUT2D eigenvalue weighted by atomic mass is 10.1. The van der Waals surface area contributed by atoms with Gasteiger partial charge < -0.3 is 5.73 Å². The molecule has 1 aromatic rings. The third kappa shape index (κ3) is 2.54. The topological polar surface area (TPSA) is 43.8 Å². The lowest BCUT2D eigenvalue weighted by molar-refractivity contribution is 0.480. The molecule has 2 rings (SSSR count). The van der Waals surface area contributed by atoms with E-state index in [9.17, 15) is 0 Å². The second kappa shape index (κ2) is 3.81. The highest BCUT2D eigenvalue weighted by Crippen LogP contribution is 2.54. The van der Waals surface area contributed by atoms with Gasteiger partial charge in [-0.3, -0.25) is 4.68 Å². The van der Waals surface area contributed by atoms with Crippen molar-refractivity contribution in [1.82, 2.24) is 9.78 Å². The maximum absolute atomic E-state index is 5.65. The molecule has 0 amide bonds. The van der Waals surface area contributed by atoms with Crippen LogP contribution in [0, 0.1) is 11.3 Å². The van der Waals surface area contributed by atoms with E-state index in [4.69, 9.17) is 5.73 Å². The molecule has 15 heavy (non-hydrogen) atoms. The molecule has 1 atom stereocenters. The lowest BCUT2D eigenvalue weighted by Crippen LogP contribution is -2.01. The molecule has 0 saturated heterocycles. The summed E-state index contributed by atoms with van der Waals surface area (Å²) in [6.07, 6.45) is 5.84. The predicted molar refractivity (Wildman–Crippen MR) is 65.5 cm³/mol. The second-order valence-corrected chi connectivity index (χ2v) is 6.01. The molecule has 2 N–H and O–H groups in total. The van der Waals surface area contributed by atoms with Crippen molar-refractivity contribution in [2.75, 3.05) is 5.73 Å². The zero-order chi connectivity index (χ0) is 11.1. The maximum atomic E-state index is 5.65. The number of nitrogens with two attached hydrogens (primary N) is 1. The van der Waals surface area contributed by atoms with Crippen molar-refractivity contribution in [3.05, 3.63) is 10.7 Å². The Hall–Kier alpha value is -0.510. The molecule has 1 saturated carbocycles. The maximum Gasteiger partial charge on any atom is 0.159 e. The van der Waals surface area contributed by atoms with Gasteiger partial charge in [0.15, 0.2) is 5.82 Å². The summed E-state index contributed by atoms with van der Waals surface area (Å²) in [5, 5.41) is 4.21. The monoisotopic (exact) mass is 271 g/mol. The fourth-order valence-electron chi connectivity index (χ4n) is 2.10. The van der Waals surface area contributed by atoms with Crippen LogP contribution in [0.15, 0.2) is 10.7 Å². The van der Waals surface area contributed by atoms with E-state index >= 15 is 0 Å². The number of nitrogen functional groups attached to an aromatic ring is 1. The van der Waals surface area contributed by atoms with Crippen molar-refractivity contribution in [1.29, 1.82) is 0 Å². The van der Waals surface area contributed by atoms with Crippen LogP contribution < -0.4 is 5.73 Å². The molecule has 0 bridgehead atoms. The normalized spacial score (nSPS) is 23.0. The molecule has 0 aliphatic heterocycles. The Bertz CT molecular complexity index is 337. The number of aromatic nitrogens is 2. The molecule has 0 spiro atoms. The van der Waals surface area contributed by atoms with Crippen LogP contribution in [0.25, 0.3) is 0 Å². The Kier molecular flexibility index (Phi) is 2.79. The van der Waals surface area contributed by atoms with E-state index in [1.165, 1.54) is 19.3 Å². The van der Waals surface area contributed by atoms with Crippen molar-refractivity contribution in [2.45, 2.75) is 39.7 Å². The van der Waals surface area contributed by atoms with Crippen molar-refractivity contribution in [2.24, 2.45) is 11.3 Å². The minimum absolute atomic E-state index is 0.585. The molecule has 1 unspecified atom stereocenters. The highest BCUT2D eigenvalue weighted by Gasteiger charge is 2.44. The van der Waals surface area contributed by atoms with Gasteiger partial charge in [-0.05, 0) is 46.5 Å². The third-order valence-electron chi connectivity index (χ3n) is 3.40. The molecule has 0 aromatic carbocycles. The summed E-state index contributed by atoms with van der Waals surface area (Å²) in [6, 6.07) is 0. The molecule has 3 nitrogen and oxygen atoms in total. The van der Waals surface area contributed by atoms with Crippen LogP contribution in [0.4, 0.5) is 5.82 Å². The average Bonchev–Trinajstić information content (AvgIpc) is 2.59. The first-order valence-electron chi connectivity index (χ1n) is 5.47. The SMILES string of the molecule is CC1(C)CC1CCCn1cc(Br)c(N)n1. The van der Waals surface area contributed by atoms with E-state index in [0.29, 0.717) is 11.2 Å². The number of halogens is 1. The quantitative estimate of drug-likeness (QED) is 0.915. The largest absolute Gasteiger partial charge is 0.381 e. The zero-order valence-electron chi connectivity index (χ0n) is 9.33. The van der Waals surface area contributed by atoms with E-state index < -0.39 is 0 Å². The van der Waals surface area contributed by atoms with Gasteiger partial charge in [0, 0.05) is 12.7 Å². The summed E-state index contributed by atoms with van der Waals surface area (Å²) in [4.78, 5) is 0. The van der Waals surface area contributed by atoms with E-state index in [0.717, 1.165) is 16.9 Å². The molecule has 4 heteroatoms. The first-order valence-corrected chi connectivity index (χ1v) is 6.27. The van der Waals surface area contributed by atoms with E-state index in [-0.39, 0.29) is 0 Å². The summed E-state index contributed by atoms with van der Waals surface area (Å²) >= 11 is 3.36. The van der Waals surface area contributed by atoms with Crippen LogP contribution >= 0.6 is 15.9 Å². The summed E-state index contributed by atoms with van der Waals surface area (Å²) in [7, 11) is 0. The summed E-state index contributed by atoms with van der Waals surface area (Å²) in [6.45, 7) is 5.67. The van der Waals surface area contributed by atoms with Crippen molar-refractivity contribution < 1.29 is 0 Å². The highest BCUT2D eigenvalue weighted by atomic mass is 79.9. The smallest absolute Gasteiger partial charge is 0.159 e. The Morgan fingerprint density at radius 3 is 2.80 bits per heavy atom. The van der Waals surface area contributed by atoms with Gasteiger partial charge in [-0.1, -0.05) is 13.8 Å². The molecule has 1 aliphatic rings. The van der Waals surface area contributed by atoms with Gasteiger partial charge >= 0.3 is 0 Å². The number of hydrogen-bond acceptors (Lipinski definition) is 2. The molecular formula is C11H18BrN3. The first kappa shape index (κ1) is 11.0. The minimum Gasteiger partial charge on any atom is -0.381 e. The van der Waals surface area contributed by atoms with E-state index in [1.54, 1.807) is 0 Å². The van der Waals surface area contributed by atoms with Crippen LogP contribution in [0.3, 0.4) is 0 Å². The number of rotatable bonds is 4. The number of hydrogen-bond donors (Lipinski definition) is 1. The molecule has 1 heterocycles. The Morgan fingerprint density at radius 1 is 1.67 bits per heavy atom. The van der Waals surface area contributed by atoms with E-state index in [2.05, 4.69) is 34.9 Å². The standard InChI is InChI=1S/C11H18BrN3/c1-11(2)6-8(11)4-3-5-15-7-9(12)10(13)14-15/h7-8H,3-6H2,1-2H3,(H2,13,14). The number of nitrogens with zero attached hydrogens (tertiary/aromatic N) is 2. The van der Waals surface area contributed by atoms with Gasteiger partial charge in [0.2, 0.25) is 0 Å². The van der Waals surface area contributed by atoms with Crippen LogP contribution in [-0.4, -0.2) is 9.78 Å². The predicted octanol–water partition coefficient (Wildman–Crippen LogP) is 3.05. The van der Waals surface area contributed by atoms with Gasteiger partial charge in [-0.15, -0.1) is 0 Å². The summed E-state index contributed by atoms with van der Waals surface area (Å²) in [5.41, 5.74) is 6.25. The average molecular weight is 272 g/mol. The van der Waals surface area contributed by atoms with Crippen molar-refractivity contribution in [3.63, 3.8) is 0 Å². The Balaban J connectivity index is 1.75. The summed E-state index contributed by atoms with van der Waals surface area (Å²) in [5.74, 6) is 1.51. The van der Waals surface area contributed by atoms with Gasteiger partial charge in [0.1, 0.15) is 0 Å². The van der Waals surface area contributed by atoms with Crippen molar-refractivity contribution in [3.8, 4) is 0 Å². The van der Waals surface area contributed by atoms with Crippen LogP contribution in [0.2, 0.25) is 0 Å². The van der Waals surface area contributed by atoms with Crippen LogP contribution in [0.5, 0.6) is 0 Å². The number of aryl methyl sites for hydroxylation is 1. The molecule has 1 aromatic heterocycles. The zero-order valence-corrected chi connectivity index (χ0v) is 10.9. The minimum atomic E-state index is 0.585. The lowest BCUT2D eigenvalue weighted by Gasteiger charge is -2.03. The number of anilines is 1. The molecule has 1 fully saturated rings. The molecule has 1 aliphatic carbocycles. The summed E-state index contributed by atoms with van der Waals surface area (Å²) < 4.78 is 2.82. The van der Waals surface area contributed by atoms with Crippen LogP contribution in [-0.2, 0) is 6.54 Å². The Morgan fingerprint density at radius 2 is 2.33 bits per heavy atom. The molecular weight excluding hydrogens is 254 g/mol. The second-order valence-electron chi connectivity index (χ2n) is 5.16. The highest BCUT2D eigenvalue weighted by molar-refractivity contribution is 9.10. The third-order valence-corrected chi connectivity index (χ3v) is 4.01. The van der Waals surface area contributed by atoms with Crippen molar-refractivity contribution >= 4 is 21.7 Å². The fraction of sp³-hybridized carbons (Fsp3) is 0.727. The molecule has 0 radical (unpaired) electrons. The van der Waals surface area contributed by atoms with Crippen LogP contribution in [0.1, 0.15) is 33.1 Å².